The molecule has 0 aromatic heterocycles. The van der Waals surface area contributed by atoms with Crippen LogP contribution in [0, 0.1) is 34.5 Å². The number of hydrogen-bond donors (Lipinski definition) is 2. The Hall–Kier alpha value is -0.540. The lowest BCUT2D eigenvalue weighted by Crippen LogP contribution is -2.54. The van der Waals surface area contributed by atoms with Crippen LogP contribution < -0.4 is 0 Å². The van der Waals surface area contributed by atoms with Gasteiger partial charge in [-0.3, -0.25) is 0 Å². The number of fused-ring (bicyclic) bond motifs is 5. The Labute approximate surface area is 190 Å². The maximum absolute atomic E-state index is 11.4. The van der Waals surface area contributed by atoms with Gasteiger partial charge in [-0.1, -0.05) is 55.3 Å². The molecule has 4 saturated carbocycles. The van der Waals surface area contributed by atoms with Crippen molar-refractivity contribution in [3.63, 3.8) is 0 Å². The Balaban J connectivity index is 1.46. The third-order valence-electron chi connectivity index (χ3n) is 9.83. The van der Waals surface area contributed by atoms with Crippen LogP contribution in [0.3, 0.4) is 0 Å². The van der Waals surface area contributed by atoms with Gasteiger partial charge in [0.2, 0.25) is 0 Å². The molecule has 5 rings (SSSR count). The molecule has 1 aromatic rings. The predicted molar refractivity (Wildman–Crippen MR) is 124 cm³/mol. The van der Waals surface area contributed by atoms with Crippen molar-refractivity contribution in [1.29, 1.82) is 0 Å². The van der Waals surface area contributed by atoms with Crippen molar-refractivity contribution in [1.82, 2.24) is 0 Å². The molecule has 0 bridgehead atoms. The summed E-state index contributed by atoms with van der Waals surface area (Å²) in [6.07, 6.45) is 10.4. The highest BCUT2D eigenvalue weighted by atomic mass is 35.5. The monoisotopic (exact) mass is 448 g/mol. The van der Waals surface area contributed by atoms with Crippen LogP contribution in [0.15, 0.2) is 23.8 Å². The Morgan fingerprint density at radius 1 is 0.967 bits per heavy atom. The standard InChI is InChI=1S/C26H34Cl2O2/c1-25-10-8-18(29)14-17(25)6-7-19-20(25)9-11-26(2)21(19)13-16(24(26)30)12-15-4-3-5-22(27)23(15)28/h3-5,12,17-21,24,29-30H,6-11,13-14H2,1-2H3/b16-12-/t17-,18-,19-,20+,21+,24-,25-,26+/m0/s1. The average Bonchev–Trinajstić information content (AvgIpc) is 2.97. The van der Waals surface area contributed by atoms with Gasteiger partial charge in [0.25, 0.3) is 0 Å². The first-order chi connectivity index (χ1) is 14.2. The van der Waals surface area contributed by atoms with Crippen molar-refractivity contribution < 1.29 is 10.2 Å². The third kappa shape index (κ3) is 3.12. The fraction of sp³-hybridized carbons (Fsp3) is 0.692. The van der Waals surface area contributed by atoms with E-state index >= 15 is 0 Å². The van der Waals surface area contributed by atoms with Gasteiger partial charge < -0.3 is 10.2 Å². The van der Waals surface area contributed by atoms with Crippen molar-refractivity contribution >= 4 is 29.3 Å². The summed E-state index contributed by atoms with van der Waals surface area (Å²) in [5, 5.41) is 22.8. The van der Waals surface area contributed by atoms with Crippen molar-refractivity contribution in [3.05, 3.63) is 39.4 Å². The molecule has 0 heterocycles. The lowest BCUT2D eigenvalue weighted by Gasteiger charge is -2.60. The minimum absolute atomic E-state index is 0.0462. The van der Waals surface area contributed by atoms with Crippen molar-refractivity contribution in [2.24, 2.45) is 34.5 Å². The molecule has 0 aliphatic heterocycles. The van der Waals surface area contributed by atoms with E-state index in [1.165, 1.54) is 19.3 Å². The molecule has 0 amide bonds. The van der Waals surface area contributed by atoms with Crippen LogP contribution in [0.4, 0.5) is 0 Å². The van der Waals surface area contributed by atoms with Crippen LogP contribution >= 0.6 is 23.2 Å². The third-order valence-corrected chi connectivity index (χ3v) is 10.7. The van der Waals surface area contributed by atoms with E-state index in [0.717, 1.165) is 49.2 Å². The van der Waals surface area contributed by atoms with Gasteiger partial charge in [-0.05, 0) is 97.7 Å². The molecule has 0 radical (unpaired) electrons. The first-order valence-electron chi connectivity index (χ1n) is 11.7. The zero-order chi connectivity index (χ0) is 21.3. The normalized spacial score (nSPS) is 46.9. The van der Waals surface area contributed by atoms with Crippen molar-refractivity contribution in [2.75, 3.05) is 0 Å². The van der Waals surface area contributed by atoms with Gasteiger partial charge in [-0.25, -0.2) is 0 Å². The van der Waals surface area contributed by atoms with Gasteiger partial charge in [0.1, 0.15) is 0 Å². The van der Waals surface area contributed by atoms with Crippen molar-refractivity contribution in [2.45, 2.75) is 77.4 Å². The zero-order valence-electron chi connectivity index (χ0n) is 18.1. The number of hydrogen-bond acceptors (Lipinski definition) is 2. The highest BCUT2D eigenvalue weighted by Gasteiger charge is 2.61. The topological polar surface area (TPSA) is 40.5 Å². The molecule has 2 nitrogen and oxygen atoms in total. The molecule has 30 heavy (non-hydrogen) atoms. The van der Waals surface area contributed by atoms with Crippen LogP contribution in [-0.2, 0) is 0 Å². The van der Waals surface area contributed by atoms with E-state index in [-0.39, 0.29) is 11.5 Å². The number of aliphatic hydroxyl groups is 2. The summed E-state index contributed by atoms with van der Waals surface area (Å²) < 4.78 is 0. The van der Waals surface area contributed by atoms with E-state index in [4.69, 9.17) is 23.2 Å². The number of rotatable bonds is 1. The molecule has 4 heteroatoms. The second-order valence-electron chi connectivity index (χ2n) is 11.1. The van der Waals surface area contributed by atoms with E-state index in [2.05, 4.69) is 19.9 Å². The summed E-state index contributed by atoms with van der Waals surface area (Å²) in [5.41, 5.74) is 2.35. The van der Waals surface area contributed by atoms with E-state index in [1.54, 1.807) is 0 Å². The fourth-order valence-electron chi connectivity index (χ4n) is 8.07. The summed E-state index contributed by atoms with van der Waals surface area (Å²) in [5.74, 6) is 2.59. The Morgan fingerprint density at radius 2 is 1.73 bits per heavy atom. The van der Waals surface area contributed by atoms with Gasteiger partial charge in [-0.15, -0.1) is 0 Å². The zero-order valence-corrected chi connectivity index (χ0v) is 19.6. The number of benzene rings is 1. The second kappa shape index (κ2) is 7.51. The quantitative estimate of drug-likeness (QED) is 0.498. The van der Waals surface area contributed by atoms with Crippen LogP contribution in [-0.4, -0.2) is 22.4 Å². The van der Waals surface area contributed by atoms with Gasteiger partial charge in [-0.2, -0.15) is 0 Å². The lowest BCUT2D eigenvalue weighted by atomic mass is 9.45. The summed E-state index contributed by atoms with van der Waals surface area (Å²) in [4.78, 5) is 0. The maximum atomic E-state index is 11.4. The molecule has 0 unspecified atom stereocenters. The molecular weight excluding hydrogens is 415 g/mol. The summed E-state index contributed by atoms with van der Waals surface area (Å²) in [6.45, 7) is 4.83. The molecule has 4 aliphatic rings. The molecule has 0 spiro atoms. The maximum Gasteiger partial charge on any atom is 0.0809 e. The minimum atomic E-state index is -0.405. The van der Waals surface area contributed by atoms with E-state index in [9.17, 15) is 10.2 Å². The van der Waals surface area contributed by atoms with Crippen LogP contribution in [0.25, 0.3) is 6.08 Å². The molecule has 1 aromatic carbocycles. The van der Waals surface area contributed by atoms with Crippen LogP contribution in [0.1, 0.15) is 70.8 Å². The summed E-state index contributed by atoms with van der Waals surface area (Å²) in [6, 6.07) is 5.72. The Morgan fingerprint density at radius 3 is 2.53 bits per heavy atom. The van der Waals surface area contributed by atoms with Crippen LogP contribution in [0.2, 0.25) is 10.0 Å². The first kappa shape index (κ1) is 21.3. The average molecular weight is 449 g/mol. The van der Waals surface area contributed by atoms with Crippen molar-refractivity contribution in [3.8, 4) is 0 Å². The predicted octanol–water partition coefficient (Wildman–Crippen LogP) is 6.75. The smallest absolute Gasteiger partial charge is 0.0809 e. The highest BCUT2D eigenvalue weighted by Crippen LogP contribution is 2.67. The largest absolute Gasteiger partial charge is 0.393 e. The van der Waals surface area contributed by atoms with Crippen LogP contribution in [0.5, 0.6) is 0 Å². The Kier molecular flexibility index (Phi) is 5.33. The van der Waals surface area contributed by atoms with E-state index in [1.807, 2.05) is 18.2 Å². The van der Waals surface area contributed by atoms with Gasteiger partial charge in [0.15, 0.2) is 0 Å². The Bertz CT molecular complexity index is 867. The molecule has 8 atom stereocenters. The number of halogens is 2. The fourth-order valence-corrected chi connectivity index (χ4v) is 8.43. The van der Waals surface area contributed by atoms with Gasteiger partial charge in [0.05, 0.1) is 22.3 Å². The molecule has 0 saturated heterocycles. The molecule has 4 aliphatic carbocycles. The van der Waals surface area contributed by atoms with Gasteiger partial charge in [0, 0.05) is 5.41 Å². The first-order valence-corrected chi connectivity index (χ1v) is 12.5. The molecule has 164 valence electrons. The lowest BCUT2D eigenvalue weighted by molar-refractivity contribution is -0.133. The molecule has 4 fully saturated rings. The summed E-state index contributed by atoms with van der Waals surface area (Å²) in [7, 11) is 0. The molecular formula is C26H34Cl2O2. The molecule has 2 N–H and O–H groups in total. The van der Waals surface area contributed by atoms with E-state index in [0.29, 0.717) is 33.2 Å². The highest BCUT2D eigenvalue weighted by molar-refractivity contribution is 6.42. The number of aliphatic hydroxyl groups excluding tert-OH is 2. The summed E-state index contributed by atoms with van der Waals surface area (Å²) >= 11 is 12.7. The second-order valence-corrected chi connectivity index (χ2v) is 11.9. The van der Waals surface area contributed by atoms with Gasteiger partial charge >= 0.3 is 0 Å². The van der Waals surface area contributed by atoms with E-state index < -0.39 is 6.10 Å². The minimum Gasteiger partial charge on any atom is -0.393 e. The SMILES string of the molecule is C[C@]12CC[C@H](O)C[C@@H]1CC[C@H]1[C@H]2CC[C@]2(C)[C@@H]1C/C(=C/c1cccc(Cl)c1Cl)[C@@H]2O.